The summed E-state index contributed by atoms with van der Waals surface area (Å²) in [6, 6.07) is 17.9. The Morgan fingerprint density at radius 2 is 1.80 bits per heavy atom. The number of likely N-dealkylation sites (tertiary alicyclic amines) is 1. The lowest BCUT2D eigenvalue weighted by Gasteiger charge is -2.33. The fraction of sp³-hybridized carbons (Fsp3) is 0.440. The molecule has 1 aliphatic rings. The van der Waals surface area contributed by atoms with Gasteiger partial charge in [0.15, 0.2) is 0 Å². The molecule has 0 bridgehead atoms. The largest absolute Gasteiger partial charge is 0.497 e. The van der Waals surface area contributed by atoms with Crippen LogP contribution in [0.1, 0.15) is 62.6 Å². The maximum Gasteiger partial charge on any atom is 0.225 e. The van der Waals surface area contributed by atoms with Crippen LogP contribution in [0.15, 0.2) is 54.6 Å². The molecule has 0 radical (unpaired) electrons. The maximum absolute atomic E-state index is 13.3. The minimum Gasteiger partial charge on any atom is -0.497 e. The highest BCUT2D eigenvalue weighted by Gasteiger charge is 2.35. The van der Waals surface area contributed by atoms with Crippen molar-refractivity contribution in [1.82, 2.24) is 10.2 Å². The Hall–Kier alpha value is -2.82. The highest BCUT2D eigenvalue weighted by molar-refractivity contribution is 5.80. The SMILES string of the molecule is CC[C@H](c1ccccc1)[C@@H]1CCCN1C(=O)C[C@H](NC(C)=O)c1ccc(OC)cc1. The third kappa shape index (κ3) is 5.21. The van der Waals surface area contributed by atoms with Crippen LogP contribution in [-0.2, 0) is 9.59 Å². The average molecular weight is 409 g/mol. The van der Waals surface area contributed by atoms with Crippen molar-refractivity contribution >= 4 is 11.8 Å². The molecule has 0 aliphatic carbocycles. The zero-order valence-electron chi connectivity index (χ0n) is 18.1. The van der Waals surface area contributed by atoms with Crippen LogP contribution in [0, 0.1) is 0 Å². The molecule has 3 atom stereocenters. The second kappa shape index (κ2) is 10.3. The number of rotatable bonds is 8. The second-order valence-corrected chi connectivity index (χ2v) is 7.95. The molecular formula is C25H32N2O3. The summed E-state index contributed by atoms with van der Waals surface area (Å²) in [6.45, 7) is 4.46. The van der Waals surface area contributed by atoms with Gasteiger partial charge in [0.05, 0.1) is 19.6 Å². The van der Waals surface area contributed by atoms with Gasteiger partial charge in [-0.1, -0.05) is 49.4 Å². The van der Waals surface area contributed by atoms with E-state index in [-0.39, 0.29) is 30.3 Å². The van der Waals surface area contributed by atoms with Crippen LogP contribution in [-0.4, -0.2) is 36.4 Å². The number of hydrogen-bond acceptors (Lipinski definition) is 3. The molecule has 0 saturated carbocycles. The van der Waals surface area contributed by atoms with Crippen molar-refractivity contribution < 1.29 is 14.3 Å². The summed E-state index contributed by atoms with van der Waals surface area (Å²) in [5.41, 5.74) is 2.20. The zero-order chi connectivity index (χ0) is 21.5. The predicted molar refractivity (Wildman–Crippen MR) is 118 cm³/mol. The van der Waals surface area contributed by atoms with Crippen LogP contribution in [0.4, 0.5) is 0 Å². The van der Waals surface area contributed by atoms with Gasteiger partial charge in [-0.05, 0) is 42.5 Å². The van der Waals surface area contributed by atoms with Gasteiger partial charge in [0.25, 0.3) is 0 Å². The lowest BCUT2D eigenvalue weighted by molar-refractivity contribution is -0.133. The van der Waals surface area contributed by atoms with Crippen molar-refractivity contribution in [2.75, 3.05) is 13.7 Å². The first-order valence-electron chi connectivity index (χ1n) is 10.8. The molecule has 0 aromatic heterocycles. The summed E-state index contributed by atoms with van der Waals surface area (Å²) < 4.78 is 5.22. The van der Waals surface area contributed by atoms with Crippen LogP contribution in [0.5, 0.6) is 5.75 Å². The Morgan fingerprint density at radius 1 is 1.10 bits per heavy atom. The Labute approximate surface area is 179 Å². The van der Waals surface area contributed by atoms with Gasteiger partial charge in [-0.2, -0.15) is 0 Å². The van der Waals surface area contributed by atoms with E-state index in [0.29, 0.717) is 5.92 Å². The van der Waals surface area contributed by atoms with Crippen LogP contribution in [0.2, 0.25) is 0 Å². The molecule has 2 aromatic carbocycles. The van der Waals surface area contributed by atoms with E-state index in [9.17, 15) is 9.59 Å². The Kier molecular flexibility index (Phi) is 7.50. The van der Waals surface area contributed by atoms with Crippen LogP contribution >= 0.6 is 0 Å². The molecule has 2 amide bonds. The highest BCUT2D eigenvalue weighted by Crippen LogP contribution is 2.34. The number of carbonyl (C=O) groups excluding carboxylic acids is 2. The molecule has 1 saturated heterocycles. The first-order chi connectivity index (χ1) is 14.5. The average Bonchev–Trinajstić information content (AvgIpc) is 3.24. The van der Waals surface area contributed by atoms with Gasteiger partial charge in [0.1, 0.15) is 5.75 Å². The molecule has 0 spiro atoms. The highest BCUT2D eigenvalue weighted by atomic mass is 16.5. The summed E-state index contributed by atoms with van der Waals surface area (Å²) in [6.07, 6.45) is 3.29. The first kappa shape index (κ1) is 21.9. The topological polar surface area (TPSA) is 58.6 Å². The predicted octanol–water partition coefficient (Wildman–Crippen LogP) is 4.45. The molecule has 1 fully saturated rings. The second-order valence-electron chi connectivity index (χ2n) is 7.95. The number of methoxy groups -OCH3 is 1. The van der Waals surface area contributed by atoms with Gasteiger partial charge in [-0.15, -0.1) is 0 Å². The molecule has 0 unspecified atom stereocenters. The fourth-order valence-corrected chi connectivity index (χ4v) is 4.58. The number of hydrogen-bond donors (Lipinski definition) is 1. The normalized spacial score (nSPS) is 18.0. The number of nitrogens with one attached hydrogen (secondary N) is 1. The molecule has 30 heavy (non-hydrogen) atoms. The van der Waals surface area contributed by atoms with Crippen molar-refractivity contribution in [3.63, 3.8) is 0 Å². The molecule has 1 aliphatic heterocycles. The maximum atomic E-state index is 13.3. The van der Waals surface area contributed by atoms with E-state index in [0.717, 1.165) is 37.1 Å². The summed E-state index contributed by atoms with van der Waals surface area (Å²) in [5.74, 6) is 1.04. The van der Waals surface area contributed by atoms with E-state index in [1.165, 1.54) is 12.5 Å². The molecular weight excluding hydrogens is 376 g/mol. The molecule has 1 heterocycles. The molecule has 160 valence electrons. The molecule has 3 rings (SSSR count). The van der Waals surface area contributed by atoms with E-state index in [2.05, 4.69) is 36.5 Å². The van der Waals surface area contributed by atoms with E-state index >= 15 is 0 Å². The van der Waals surface area contributed by atoms with Crippen molar-refractivity contribution in [2.45, 2.75) is 57.5 Å². The number of ether oxygens (including phenoxy) is 1. The molecule has 2 aromatic rings. The molecule has 5 heteroatoms. The smallest absolute Gasteiger partial charge is 0.225 e. The van der Waals surface area contributed by atoms with Crippen LogP contribution in [0.25, 0.3) is 0 Å². The number of benzene rings is 2. The monoisotopic (exact) mass is 408 g/mol. The quantitative estimate of drug-likeness (QED) is 0.702. The van der Waals surface area contributed by atoms with Gasteiger partial charge >= 0.3 is 0 Å². The Bertz CT molecular complexity index is 835. The van der Waals surface area contributed by atoms with Crippen LogP contribution < -0.4 is 10.1 Å². The Morgan fingerprint density at radius 3 is 2.40 bits per heavy atom. The van der Waals surface area contributed by atoms with E-state index in [1.54, 1.807) is 7.11 Å². The van der Waals surface area contributed by atoms with Crippen LogP contribution in [0.3, 0.4) is 0 Å². The van der Waals surface area contributed by atoms with Gasteiger partial charge in [-0.3, -0.25) is 9.59 Å². The number of carbonyl (C=O) groups is 2. The van der Waals surface area contributed by atoms with Gasteiger partial charge in [0.2, 0.25) is 11.8 Å². The number of nitrogens with zero attached hydrogens (tertiary/aromatic N) is 1. The third-order valence-corrected chi connectivity index (χ3v) is 6.03. The van der Waals surface area contributed by atoms with Gasteiger partial charge in [-0.25, -0.2) is 0 Å². The van der Waals surface area contributed by atoms with E-state index < -0.39 is 0 Å². The van der Waals surface area contributed by atoms with Crippen molar-refractivity contribution in [3.8, 4) is 5.75 Å². The first-order valence-corrected chi connectivity index (χ1v) is 10.8. The lowest BCUT2D eigenvalue weighted by atomic mass is 9.87. The van der Waals surface area contributed by atoms with E-state index in [1.807, 2.05) is 35.2 Å². The summed E-state index contributed by atoms with van der Waals surface area (Å²) in [4.78, 5) is 27.2. The minimum atomic E-state index is -0.348. The zero-order valence-corrected chi connectivity index (χ0v) is 18.1. The summed E-state index contributed by atoms with van der Waals surface area (Å²) in [5, 5.41) is 2.95. The van der Waals surface area contributed by atoms with Crippen molar-refractivity contribution in [2.24, 2.45) is 0 Å². The summed E-state index contributed by atoms with van der Waals surface area (Å²) >= 11 is 0. The van der Waals surface area contributed by atoms with Gasteiger partial charge < -0.3 is 15.0 Å². The minimum absolute atomic E-state index is 0.0986. The van der Waals surface area contributed by atoms with Crippen molar-refractivity contribution in [3.05, 3.63) is 65.7 Å². The lowest BCUT2D eigenvalue weighted by Crippen LogP contribution is -2.41. The standard InChI is InChI=1S/C25H32N2O3/c1-4-22(19-9-6-5-7-10-19)24-11-8-16-27(24)25(29)17-23(26-18(2)28)20-12-14-21(30-3)15-13-20/h5-7,9-10,12-15,22-24H,4,8,11,16-17H2,1-3H3,(H,26,28)/t22-,23+,24+/m1/s1. The molecule has 1 N–H and O–H groups in total. The summed E-state index contributed by atoms with van der Waals surface area (Å²) in [7, 11) is 1.62. The van der Waals surface area contributed by atoms with Gasteiger partial charge in [0, 0.05) is 25.4 Å². The Balaban J connectivity index is 1.77. The fourth-order valence-electron chi connectivity index (χ4n) is 4.58. The third-order valence-electron chi connectivity index (χ3n) is 6.03. The number of amides is 2. The van der Waals surface area contributed by atoms with E-state index in [4.69, 9.17) is 4.74 Å². The van der Waals surface area contributed by atoms with Crippen molar-refractivity contribution in [1.29, 1.82) is 0 Å². The molecule has 5 nitrogen and oxygen atoms in total.